The number of tetrazole rings is 1. The summed E-state index contributed by atoms with van der Waals surface area (Å²) in [5, 5.41) is 24.3. The van der Waals surface area contributed by atoms with E-state index in [4.69, 9.17) is 19.2 Å². The fourth-order valence-electron chi connectivity index (χ4n) is 6.11. The second kappa shape index (κ2) is 14.9. The lowest BCUT2D eigenvalue weighted by Gasteiger charge is -2.21. The summed E-state index contributed by atoms with van der Waals surface area (Å²) < 4.78 is 18.4. The molecule has 2 aromatic carbocycles. The molecular weight excluding hydrogens is 634 g/mol. The number of nitrogens with zero attached hydrogens (tertiary/aromatic N) is 6. The van der Waals surface area contributed by atoms with Gasteiger partial charge in [0.25, 0.3) is 5.09 Å². The molecule has 1 aliphatic rings. The molecule has 1 N–H and O–H groups in total. The van der Waals surface area contributed by atoms with Crippen LogP contribution in [-0.2, 0) is 42.2 Å². The van der Waals surface area contributed by atoms with E-state index >= 15 is 0 Å². The molecule has 0 saturated heterocycles. The number of hydrogen-bond donors (Lipinski definition) is 1. The zero-order valence-electron chi connectivity index (χ0n) is 28.4. The highest BCUT2D eigenvalue weighted by Gasteiger charge is 2.42. The number of ether oxygens (including phenoxy) is 3. The fourth-order valence-corrected chi connectivity index (χ4v) is 6.11. The molecule has 0 aliphatic heterocycles. The number of nitrogens with one attached hydrogen (secondary N) is 1. The summed E-state index contributed by atoms with van der Waals surface area (Å²) in [5.41, 5.74) is 4.08. The highest BCUT2D eigenvalue weighted by molar-refractivity contribution is 5.90. The van der Waals surface area contributed by atoms with Crippen LogP contribution in [0.4, 0.5) is 0 Å². The van der Waals surface area contributed by atoms with Crippen LogP contribution >= 0.6 is 0 Å². The predicted molar refractivity (Wildman–Crippen MR) is 175 cm³/mol. The SMILES string of the molecule is CCCc1nc(C(C)(C)C)c(C(=O)OC(C)OC(=O)[C@@H]2C[C@H](OC)[C@@H](O[N+](=O)[O-])C2)n1Cc1ccc(-c2ccccc2-c2nnn[nH]2)cc1. The Balaban J connectivity index is 1.37. The largest absolute Gasteiger partial charge is 0.425 e. The monoisotopic (exact) mass is 675 g/mol. The van der Waals surface area contributed by atoms with Gasteiger partial charge in [0.1, 0.15) is 11.9 Å². The topological polar surface area (TPSA) is 186 Å². The standard InChI is InChI=1S/C34H41N7O8/c1-7-10-28-35-30(34(3,4)5)29(33(43)48-20(2)47-32(42)23-17-26(46-6)27(18-23)49-41(44)45)40(28)19-21-13-15-22(16-14-21)24-11-8-9-12-25(24)31-36-38-39-37-31/h8-9,11-16,20,23,26-27H,7,10,17-19H2,1-6H3,(H,36,37,38,39)/t20?,23-,26+,27+/m1/s1. The van der Waals surface area contributed by atoms with E-state index in [0.717, 1.165) is 34.5 Å². The molecule has 0 radical (unpaired) electrons. The summed E-state index contributed by atoms with van der Waals surface area (Å²) in [6, 6.07) is 15.9. The highest BCUT2D eigenvalue weighted by atomic mass is 17.0. The third kappa shape index (κ3) is 8.11. The van der Waals surface area contributed by atoms with Gasteiger partial charge in [0, 0.05) is 38.0 Å². The molecule has 260 valence electrons. The number of esters is 2. The Labute approximate surface area is 283 Å². The first-order valence-corrected chi connectivity index (χ1v) is 16.2. The first-order valence-electron chi connectivity index (χ1n) is 16.2. The lowest BCUT2D eigenvalue weighted by Crippen LogP contribution is -2.28. The smallest absolute Gasteiger partial charge is 0.360 e. The summed E-state index contributed by atoms with van der Waals surface area (Å²) in [4.78, 5) is 47.4. The van der Waals surface area contributed by atoms with Gasteiger partial charge in [-0.3, -0.25) is 4.79 Å². The Kier molecular flexibility index (Phi) is 10.7. The Morgan fingerprint density at radius 2 is 1.76 bits per heavy atom. The molecule has 0 spiro atoms. The molecule has 2 heterocycles. The number of aryl methyl sites for hydroxylation is 1. The van der Waals surface area contributed by atoms with Crippen molar-refractivity contribution in [2.75, 3.05) is 7.11 Å². The number of carbonyl (C=O) groups is 2. The summed E-state index contributed by atoms with van der Waals surface area (Å²) >= 11 is 0. The molecule has 1 saturated carbocycles. The average molecular weight is 676 g/mol. The van der Waals surface area contributed by atoms with Crippen molar-refractivity contribution in [3.63, 3.8) is 0 Å². The lowest BCUT2D eigenvalue weighted by molar-refractivity contribution is -0.770. The first-order chi connectivity index (χ1) is 23.4. The van der Waals surface area contributed by atoms with Gasteiger partial charge in [-0.05, 0) is 46.4 Å². The number of aromatic nitrogens is 6. The molecule has 0 bridgehead atoms. The molecule has 15 heteroatoms. The number of imidazole rings is 1. The van der Waals surface area contributed by atoms with Crippen molar-refractivity contribution in [3.05, 3.63) is 81.4 Å². The minimum Gasteiger partial charge on any atom is -0.425 e. The molecule has 15 nitrogen and oxygen atoms in total. The number of benzene rings is 2. The first kappa shape index (κ1) is 35.1. The molecule has 1 fully saturated rings. The van der Waals surface area contributed by atoms with Crippen molar-refractivity contribution in [1.82, 2.24) is 30.2 Å². The highest BCUT2D eigenvalue weighted by Crippen LogP contribution is 2.33. The molecule has 1 aliphatic carbocycles. The molecule has 4 atom stereocenters. The van der Waals surface area contributed by atoms with Crippen LogP contribution in [0, 0.1) is 16.0 Å². The Morgan fingerprint density at radius 3 is 2.37 bits per heavy atom. The number of hydrogen-bond acceptors (Lipinski definition) is 12. The summed E-state index contributed by atoms with van der Waals surface area (Å²) in [7, 11) is 1.40. The van der Waals surface area contributed by atoms with Crippen molar-refractivity contribution < 1.29 is 33.7 Å². The van der Waals surface area contributed by atoms with Crippen molar-refractivity contribution in [3.8, 4) is 22.5 Å². The number of methoxy groups -OCH3 is 1. The van der Waals surface area contributed by atoms with E-state index in [1.807, 2.05) is 80.8 Å². The van der Waals surface area contributed by atoms with Crippen molar-refractivity contribution in [2.45, 2.75) is 90.8 Å². The quantitative estimate of drug-likeness (QED) is 0.0859. The van der Waals surface area contributed by atoms with Crippen molar-refractivity contribution in [2.24, 2.45) is 5.92 Å². The van der Waals surface area contributed by atoms with Crippen LogP contribution < -0.4 is 0 Å². The van der Waals surface area contributed by atoms with E-state index in [1.54, 1.807) is 0 Å². The lowest BCUT2D eigenvalue weighted by atomic mass is 9.90. The van der Waals surface area contributed by atoms with E-state index in [0.29, 0.717) is 24.5 Å². The molecule has 2 aromatic heterocycles. The van der Waals surface area contributed by atoms with Gasteiger partial charge in [0.05, 0.1) is 17.7 Å². The molecular formula is C34H41N7O8. The Bertz CT molecular complexity index is 1770. The number of aromatic amines is 1. The van der Waals surface area contributed by atoms with Crippen LogP contribution in [-0.4, -0.2) is 72.8 Å². The van der Waals surface area contributed by atoms with Crippen LogP contribution in [0.3, 0.4) is 0 Å². The van der Waals surface area contributed by atoms with Gasteiger partial charge in [-0.25, -0.2) is 14.9 Å². The summed E-state index contributed by atoms with van der Waals surface area (Å²) in [6.45, 7) is 9.78. The second-order valence-corrected chi connectivity index (χ2v) is 13.0. The summed E-state index contributed by atoms with van der Waals surface area (Å²) in [6.07, 6.45) is -1.12. The minimum atomic E-state index is -1.24. The van der Waals surface area contributed by atoms with E-state index < -0.39 is 46.9 Å². The maximum atomic E-state index is 13.9. The molecule has 5 rings (SSSR count). The van der Waals surface area contributed by atoms with Gasteiger partial charge in [-0.15, -0.1) is 15.2 Å². The number of carbonyl (C=O) groups excluding carboxylic acids is 2. The predicted octanol–water partition coefficient (Wildman–Crippen LogP) is 5.08. The van der Waals surface area contributed by atoms with E-state index in [9.17, 15) is 19.7 Å². The van der Waals surface area contributed by atoms with Crippen LogP contribution in [0.2, 0.25) is 0 Å². The van der Waals surface area contributed by atoms with Crippen LogP contribution in [0.25, 0.3) is 22.5 Å². The maximum Gasteiger partial charge on any atom is 0.360 e. The van der Waals surface area contributed by atoms with Crippen LogP contribution in [0.5, 0.6) is 0 Å². The van der Waals surface area contributed by atoms with E-state index in [-0.39, 0.29) is 18.5 Å². The van der Waals surface area contributed by atoms with Gasteiger partial charge in [-0.2, -0.15) is 0 Å². The van der Waals surface area contributed by atoms with E-state index in [2.05, 4.69) is 25.5 Å². The Morgan fingerprint density at radius 1 is 1.06 bits per heavy atom. The maximum absolute atomic E-state index is 13.9. The molecule has 0 amide bonds. The number of H-pyrrole nitrogens is 1. The molecule has 49 heavy (non-hydrogen) atoms. The minimum absolute atomic E-state index is 0.0436. The van der Waals surface area contributed by atoms with Crippen LogP contribution in [0.15, 0.2) is 48.5 Å². The van der Waals surface area contributed by atoms with Gasteiger partial charge in [0.2, 0.25) is 6.29 Å². The zero-order chi connectivity index (χ0) is 35.3. The van der Waals surface area contributed by atoms with Gasteiger partial charge in [-0.1, -0.05) is 76.2 Å². The second-order valence-electron chi connectivity index (χ2n) is 13.0. The summed E-state index contributed by atoms with van der Waals surface area (Å²) in [5.74, 6) is -0.748. The van der Waals surface area contributed by atoms with Crippen LogP contribution in [0.1, 0.15) is 81.5 Å². The van der Waals surface area contributed by atoms with Crippen molar-refractivity contribution >= 4 is 11.9 Å². The molecule has 4 aromatic rings. The van der Waals surface area contributed by atoms with Gasteiger partial charge >= 0.3 is 11.9 Å². The Hall–Kier alpha value is -5.18. The zero-order valence-corrected chi connectivity index (χ0v) is 28.4. The normalized spacial score (nSPS) is 18.2. The molecule has 1 unspecified atom stereocenters. The number of rotatable bonds is 13. The third-order valence-electron chi connectivity index (χ3n) is 8.42. The van der Waals surface area contributed by atoms with E-state index in [1.165, 1.54) is 14.0 Å². The van der Waals surface area contributed by atoms with Crippen molar-refractivity contribution in [1.29, 1.82) is 0 Å². The third-order valence-corrected chi connectivity index (χ3v) is 8.42. The average Bonchev–Trinajstić information content (AvgIpc) is 3.81. The fraction of sp³-hybridized carbons (Fsp3) is 0.471. The van der Waals surface area contributed by atoms with Gasteiger partial charge < -0.3 is 23.6 Å². The van der Waals surface area contributed by atoms with Gasteiger partial charge in [0.15, 0.2) is 11.5 Å².